The van der Waals surface area contributed by atoms with E-state index in [2.05, 4.69) is 0 Å². The Labute approximate surface area is 160 Å². The summed E-state index contributed by atoms with van der Waals surface area (Å²) < 4.78 is 18.3. The maximum absolute atomic E-state index is 12.7. The molecule has 142 valence electrons. The highest BCUT2D eigenvalue weighted by Gasteiger charge is 2.28. The third-order valence-electron chi connectivity index (χ3n) is 4.54. The quantitative estimate of drug-likeness (QED) is 0.689. The summed E-state index contributed by atoms with van der Waals surface area (Å²) in [6.07, 6.45) is 3.65. The molecule has 7 nitrogen and oxygen atoms in total. The van der Waals surface area contributed by atoms with Crippen LogP contribution in [0.3, 0.4) is 0 Å². The molecule has 0 radical (unpaired) electrons. The number of carbonyl (C=O) groups is 2. The van der Waals surface area contributed by atoms with Gasteiger partial charge in [-0.2, -0.15) is 0 Å². The van der Waals surface area contributed by atoms with Crippen LogP contribution in [-0.4, -0.2) is 30.0 Å². The predicted octanol–water partition coefficient (Wildman–Crippen LogP) is 2.67. The molecule has 0 atom stereocenters. The average Bonchev–Trinajstić information content (AvgIpc) is 3.16. The molecule has 0 aliphatic carbocycles. The van der Waals surface area contributed by atoms with Gasteiger partial charge >= 0.3 is 0 Å². The van der Waals surface area contributed by atoms with Crippen LogP contribution in [0.2, 0.25) is 0 Å². The smallest absolute Gasteiger partial charge is 0.255 e. The van der Waals surface area contributed by atoms with E-state index in [1.807, 2.05) is 36.0 Å². The van der Waals surface area contributed by atoms with E-state index in [0.717, 1.165) is 22.2 Å². The van der Waals surface area contributed by atoms with Crippen molar-refractivity contribution in [3.8, 4) is 17.2 Å². The highest BCUT2D eigenvalue weighted by molar-refractivity contribution is 6.15. The molecule has 1 aliphatic heterocycles. The summed E-state index contributed by atoms with van der Waals surface area (Å²) in [6, 6.07) is 10.6. The summed E-state index contributed by atoms with van der Waals surface area (Å²) in [5.74, 6) is 0.951. The fourth-order valence-corrected chi connectivity index (χ4v) is 3.20. The molecule has 1 amide bonds. The number of methoxy groups -OCH3 is 1. The van der Waals surface area contributed by atoms with Crippen molar-refractivity contribution in [1.82, 2.24) is 4.57 Å². The molecule has 1 aromatic heterocycles. The number of hydrogen-bond acceptors (Lipinski definition) is 5. The maximum atomic E-state index is 12.7. The Bertz CT molecular complexity index is 1140. The van der Waals surface area contributed by atoms with Gasteiger partial charge in [0.2, 0.25) is 5.78 Å². The highest BCUT2D eigenvalue weighted by atomic mass is 16.5. The lowest BCUT2D eigenvalue weighted by atomic mass is 10.1. The number of hydrogen-bond donors (Lipinski definition) is 1. The maximum Gasteiger partial charge on any atom is 0.255 e. The molecule has 1 aliphatic rings. The first-order chi connectivity index (χ1) is 13.5. The van der Waals surface area contributed by atoms with Crippen molar-refractivity contribution in [2.75, 3.05) is 13.7 Å². The molecular formula is C21H18N2O5. The lowest BCUT2D eigenvalue weighted by Crippen LogP contribution is -2.19. The minimum Gasteiger partial charge on any atom is -0.497 e. The topological polar surface area (TPSA) is 92.8 Å². The standard InChI is InChI=1S/C21H18N2O5/c1-23-10-12(16-8-13(26-2)4-6-17(16)23)7-19-21(25)15-5-3-14(9-18(15)28-19)27-11-20(22)24/h3-10H,11H2,1-2H3,(H2,22,24)/b19-7+. The van der Waals surface area contributed by atoms with Gasteiger partial charge in [-0.05, 0) is 36.4 Å². The Morgan fingerprint density at radius 1 is 1.21 bits per heavy atom. The third-order valence-corrected chi connectivity index (χ3v) is 4.54. The second-order valence-electron chi connectivity index (χ2n) is 6.43. The predicted molar refractivity (Wildman–Crippen MR) is 104 cm³/mol. The van der Waals surface area contributed by atoms with E-state index in [9.17, 15) is 9.59 Å². The minimum atomic E-state index is -0.579. The first-order valence-corrected chi connectivity index (χ1v) is 8.59. The highest BCUT2D eigenvalue weighted by Crippen LogP contribution is 2.36. The fourth-order valence-electron chi connectivity index (χ4n) is 3.20. The second-order valence-corrected chi connectivity index (χ2v) is 6.43. The van der Waals surface area contributed by atoms with Crippen LogP contribution in [0.15, 0.2) is 48.4 Å². The van der Waals surface area contributed by atoms with Crippen LogP contribution >= 0.6 is 0 Å². The largest absolute Gasteiger partial charge is 0.497 e. The van der Waals surface area contributed by atoms with Gasteiger partial charge in [0.05, 0.1) is 12.7 Å². The van der Waals surface area contributed by atoms with E-state index in [4.69, 9.17) is 19.9 Å². The van der Waals surface area contributed by atoms with Crippen LogP contribution in [0, 0.1) is 0 Å². The van der Waals surface area contributed by atoms with Gasteiger partial charge in [-0.1, -0.05) is 0 Å². The number of Topliss-reactive ketones (excluding diaryl/α,β-unsaturated/α-hetero) is 1. The molecule has 2 N–H and O–H groups in total. The van der Waals surface area contributed by atoms with E-state index in [-0.39, 0.29) is 18.1 Å². The van der Waals surface area contributed by atoms with Crippen LogP contribution in [0.25, 0.3) is 17.0 Å². The van der Waals surface area contributed by atoms with Gasteiger partial charge < -0.3 is 24.5 Å². The van der Waals surface area contributed by atoms with E-state index < -0.39 is 5.91 Å². The molecule has 0 fully saturated rings. The molecule has 0 spiro atoms. The number of aryl methyl sites for hydroxylation is 1. The summed E-state index contributed by atoms with van der Waals surface area (Å²) in [5, 5.41) is 0.951. The first-order valence-electron chi connectivity index (χ1n) is 8.59. The van der Waals surface area contributed by atoms with E-state index >= 15 is 0 Å². The number of fused-ring (bicyclic) bond motifs is 2. The van der Waals surface area contributed by atoms with Crippen LogP contribution in [0.1, 0.15) is 15.9 Å². The summed E-state index contributed by atoms with van der Waals surface area (Å²) >= 11 is 0. The molecule has 7 heteroatoms. The Balaban J connectivity index is 1.68. The number of carbonyl (C=O) groups excluding carboxylic acids is 2. The van der Waals surface area contributed by atoms with Crippen LogP contribution in [-0.2, 0) is 11.8 Å². The number of nitrogens with two attached hydrogens (primary N) is 1. The molecule has 4 rings (SSSR count). The van der Waals surface area contributed by atoms with Crippen LogP contribution in [0.5, 0.6) is 17.2 Å². The van der Waals surface area contributed by atoms with E-state index in [1.54, 1.807) is 31.4 Å². The van der Waals surface area contributed by atoms with Gasteiger partial charge in [0.1, 0.15) is 17.2 Å². The first kappa shape index (κ1) is 17.7. The van der Waals surface area contributed by atoms with Crippen molar-refractivity contribution >= 4 is 28.7 Å². The molecule has 0 saturated heterocycles. The van der Waals surface area contributed by atoms with E-state index in [1.165, 1.54) is 0 Å². The lowest BCUT2D eigenvalue weighted by Gasteiger charge is -2.04. The number of aromatic nitrogens is 1. The lowest BCUT2D eigenvalue weighted by molar-refractivity contribution is -0.119. The number of benzene rings is 2. The average molecular weight is 378 g/mol. The Hall–Kier alpha value is -3.74. The zero-order valence-electron chi connectivity index (χ0n) is 15.4. The molecule has 3 aromatic rings. The molecular weight excluding hydrogens is 360 g/mol. The Morgan fingerprint density at radius 3 is 2.75 bits per heavy atom. The van der Waals surface area contributed by atoms with Crippen LogP contribution < -0.4 is 19.9 Å². The fraction of sp³-hybridized carbons (Fsp3) is 0.143. The van der Waals surface area contributed by atoms with Gasteiger partial charge in [0, 0.05) is 35.8 Å². The number of ketones is 1. The monoisotopic (exact) mass is 378 g/mol. The summed E-state index contributed by atoms with van der Waals surface area (Å²) in [6.45, 7) is -0.243. The van der Waals surface area contributed by atoms with Gasteiger partial charge in [-0.15, -0.1) is 0 Å². The third kappa shape index (κ3) is 3.07. The van der Waals surface area contributed by atoms with Crippen molar-refractivity contribution < 1.29 is 23.8 Å². The number of nitrogens with zero attached hydrogens (tertiary/aromatic N) is 1. The molecule has 2 aromatic carbocycles. The van der Waals surface area contributed by atoms with Crippen molar-refractivity contribution in [2.24, 2.45) is 12.8 Å². The second kappa shape index (κ2) is 6.77. The molecule has 0 saturated carbocycles. The zero-order chi connectivity index (χ0) is 19.8. The van der Waals surface area contributed by atoms with Gasteiger partial charge in [-0.25, -0.2) is 0 Å². The van der Waals surface area contributed by atoms with E-state index in [0.29, 0.717) is 17.1 Å². The SMILES string of the molecule is COc1ccc2c(c1)c(/C=C1/Oc3cc(OCC(N)=O)ccc3C1=O)cn2C. The van der Waals surface area contributed by atoms with Gasteiger partial charge in [0.25, 0.3) is 5.91 Å². The normalized spacial score (nSPS) is 14.2. The zero-order valence-corrected chi connectivity index (χ0v) is 15.4. The number of rotatable bonds is 5. The number of allylic oxidation sites excluding steroid dienone is 1. The Morgan fingerprint density at radius 2 is 2.00 bits per heavy atom. The minimum absolute atomic E-state index is 0.212. The molecule has 0 bridgehead atoms. The molecule has 28 heavy (non-hydrogen) atoms. The van der Waals surface area contributed by atoms with Crippen LogP contribution in [0.4, 0.5) is 0 Å². The van der Waals surface area contributed by atoms with Crippen molar-refractivity contribution in [1.29, 1.82) is 0 Å². The van der Waals surface area contributed by atoms with Crippen molar-refractivity contribution in [3.63, 3.8) is 0 Å². The van der Waals surface area contributed by atoms with Crippen molar-refractivity contribution in [3.05, 3.63) is 59.5 Å². The molecule has 2 heterocycles. The number of amides is 1. The van der Waals surface area contributed by atoms with Gasteiger partial charge in [0.15, 0.2) is 12.4 Å². The molecule has 0 unspecified atom stereocenters. The summed E-state index contributed by atoms with van der Waals surface area (Å²) in [5.41, 5.74) is 7.38. The summed E-state index contributed by atoms with van der Waals surface area (Å²) in [4.78, 5) is 23.6. The Kier molecular flexibility index (Phi) is 4.27. The number of ether oxygens (including phenoxy) is 3. The van der Waals surface area contributed by atoms with Crippen molar-refractivity contribution in [2.45, 2.75) is 0 Å². The van der Waals surface area contributed by atoms with Gasteiger partial charge in [-0.3, -0.25) is 9.59 Å². The number of primary amides is 1. The summed E-state index contributed by atoms with van der Waals surface area (Å²) in [7, 11) is 3.55.